The fraction of sp³-hybridized carbons (Fsp3) is 1.00. The Bertz CT molecular complexity index is 126. The number of alkyl halides is 2. The average Bonchev–Trinajstić information content (AvgIpc) is 2.04. The van der Waals surface area contributed by atoms with Crippen LogP contribution in [0, 0.1) is 5.41 Å². The van der Waals surface area contributed by atoms with Crippen molar-refractivity contribution < 1.29 is 8.78 Å². The Labute approximate surface area is 74.4 Å². The lowest BCUT2D eigenvalue weighted by atomic mass is 9.79. The summed E-state index contributed by atoms with van der Waals surface area (Å²) in [6, 6.07) is 0. The molecule has 0 aromatic heterocycles. The first kappa shape index (κ1) is 11.9. The molecule has 0 bridgehead atoms. The number of rotatable bonds is 5. The van der Waals surface area contributed by atoms with E-state index in [9.17, 15) is 8.78 Å². The van der Waals surface area contributed by atoms with Crippen molar-refractivity contribution in [2.75, 3.05) is 0 Å². The van der Waals surface area contributed by atoms with Crippen molar-refractivity contribution in [3.63, 3.8) is 0 Å². The predicted molar refractivity (Wildman–Crippen MR) is 48.5 cm³/mol. The van der Waals surface area contributed by atoms with E-state index in [1.165, 1.54) is 0 Å². The first-order valence-electron chi connectivity index (χ1n) is 4.77. The minimum absolute atomic E-state index is 0.0312. The molecule has 0 aliphatic rings. The van der Waals surface area contributed by atoms with Gasteiger partial charge in [0, 0.05) is 12.8 Å². The average molecular weight is 178 g/mol. The summed E-state index contributed by atoms with van der Waals surface area (Å²) in [5.41, 5.74) is -0.181. The maximum atomic E-state index is 13.0. The summed E-state index contributed by atoms with van der Waals surface area (Å²) in [7, 11) is 0. The SMILES string of the molecule is CCC(F)(F)CC(C)(CC)CC. The molecule has 0 atom stereocenters. The second-order valence-corrected chi connectivity index (χ2v) is 3.90. The lowest BCUT2D eigenvalue weighted by molar-refractivity contribution is -0.0479. The summed E-state index contributed by atoms with van der Waals surface area (Å²) in [6.07, 6.45) is 1.66. The second-order valence-electron chi connectivity index (χ2n) is 3.90. The van der Waals surface area contributed by atoms with E-state index in [-0.39, 0.29) is 18.3 Å². The zero-order valence-electron chi connectivity index (χ0n) is 8.58. The highest BCUT2D eigenvalue weighted by molar-refractivity contribution is 4.78. The molecule has 0 amide bonds. The molecule has 0 radical (unpaired) electrons. The molecule has 0 saturated carbocycles. The fourth-order valence-corrected chi connectivity index (χ4v) is 1.25. The van der Waals surface area contributed by atoms with Crippen LogP contribution in [0.1, 0.15) is 53.4 Å². The van der Waals surface area contributed by atoms with Gasteiger partial charge in [-0.25, -0.2) is 8.78 Å². The van der Waals surface area contributed by atoms with Crippen molar-refractivity contribution in [2.24, 2.45) is 5.41 Å². The molecule has 0 saturated heterocycles. The van der Waals surface area contributed by atoms with Crippen LogP contribution < -0.4 is 0 Å². The molecule has 74 valence electrons. The number of hydrogen-bond donors (Lipinski definition) is 0. The maximum absolute atomic E-state index is 13.0. The van der Waals surface area contributed by atoms with E-state index < -0.39 is 5.92 Å². The molecule has 0 fully saturated rings. The van der Waals surface area contributed by atoms with E-state index in [0.717, 1.165) is 12.8 Å². The Kier molecular flexibility index (Phi) is 4.15. The monoisotopic (exact) mass is 178 g/mol. The summed E-state index contributed by atoms with van der Waals surface area (Å²) >= 11 is 0. The molecule has 0 aliphatic carbocycles. The molecule has 0 aromatic rings. The summed E-state index contributed by atoms with van der Waals surface area (Å²) in [4.78, 5) is 0. The number of halogens is 2. The first-order valence-corrected chi connectivity index (χ1v) is 4.77. The van der Waals surface area contributed by atoms with Crippen molar-refractivity contribution >= 4 is 0 Å². The smallest absolute Gasteiger partial charge is 0.207 e. The van der Waals surface area contributed by atoms with Gasteiger partial charge in [0.25, 0.3) is 0 Å². The maximum Gasteiger partial charge on any atom is 0.248 e. The lowest BCUT2D eigenvalue weighted by Crippen LogP contribution is -2.26. The molecule has 0 aliphatic heterocycles. The molecule has 2 heteroatoms. The van der Waals surface area contributed by atoms with E-state index in [4.69, 9.17) is 0 Å². The highest BCUT2D eigenvalue weighted by Crippen LogP contribution is 2.38. The van der Waals surface area contributed by atoms with Gasteiger partial charge in [-0.1, -0.05) is 40.5 Å². The topological polar surface area (TPSA) is 0 Å². The van der Waals surface area contributed by atoms with Crippen LogP contribution >= 0.6 is 0 Å². The molecular weight excluding hydrogens is 158 g/mol. The molecule has 12 heavy (non-hydrogen) atoms. The molecular formula is C10H20F2. The van der Waals surface area contributed by atoms with Crippen molar-refractivity contribution in [3.8, 4) is 0 Å². The van der Waals surface area contributed by atoms with E-state index in [2.05, 4.69) is 0 Å². The third kappa shape index (κ3) is 3.51. The van der Waals surface area contributed by atoms with Gasteiger partial charge in [-0.2, -0.15) is 0 Å². The van der Waals surface area contributed by atoms with E-state index >= 15 is 0 Å². The van der Waals surface area contributed by atoms with Crippen LogP contribution in [0.4, 0.5) is 8.78 Å². The van der Waals surface area contributed by atoms with Crippen LogP contribution in [-0.4, -0.2) is 5.92 Å². The van der Waals surface area contributed by atoms with Gasteiger partial charge in [0.05, 0.1) is 0 Å². The van der Waals surface area contributed by atoms with Crippen LogP contribution in [0.2, 0.25) is 0 Å². The fourth-order valence-electron chi connectivity index (χ4n) is 1.25. The number of hydrogen-bond acceptors (Lipinski definition) is 0. The molecule has 0 unspecified atom stereocenters. The van der Waals surface area contributed by atoms with E-state index in [1.54, 1.807) is 6.92 Å². The van der Waals surface area contributed by atoms with Gasteiger partial charge in [0.1, 0.15) is 0 Å². The van der Waals surface area contributed by atoms with Crippen molar-refractivity contribution in [1.29, 1.82) is 0 Å². The van der Waals surface area contributed by atoms with Crippen LogP contribution in [0.15, 0.2) is 0 Å². The van der Waals surface area contributed by atoms with Crippen molar-refractivity contribution in [1.82, 2.24) is 0 Å². The van der Waals surface area contributed by atoms with Gasteiger partial charge in [-0.15, -0.1) is 0 Å². The largest absolute Gasteiger partial charge is 0.248 e. The highest BCUT2D eigenvalue weighted by Gasteiger charge is 2.35. The Morgan fingerprint density at radius 1 is 0.917 bits per heavy atom. The Balaban J connectivity index is 4.20. The summed E-state index contributed by atoms with van der Waals surface area (Å²) < 4.78 is 26.0. The molecule has 0 N–H and O–H groups in total. The Morgan fingerprint density at radius 2 is 1.33 bits per heavy atom. The Hall–Kier alpha value is -0.140. The van der Waals surface area contributed by atoms with Gasteiger partial charge in [-0.05, 0) is 5.41 Å². The van der Waals surface area contributed by atoms with Gasteiger partial charge >= 0.3 is 0 Å². The van der Waals surface area contributed by atoms with Gasteiger partial charge < -0.3 is 0 Å². The summed E-state index contributed by atoms with van der Waals surface area (Å²) in [5.74, 6) is -2.47. The van der Waals surface area contributed by atoms with Crippen molar-refractivity contribution in [2.45, 2.75) is 59.3 Å². The van der Waals surface area contributed by atoms with Gasteiger partial charge in [-0.3, -0.25) is 0 Å². The lowest BCUT2D eigenvalue weighted by Gasteiger charge is -2.30. The van der Waals surface area contributed by atoms with Gasteiger partial charge in [0.2, 0.25) is 5.92 Å². The van der Waals surface area contributed by atoms with Gasteiger partial charge in [0.15, 0.2) is 0 Å². The zero-order chi connectivity index (χ0) is 9.83. The van der Waals surface area contributed by atoms with Crippen LogP contribution in [0.25, 0.3) is 0 Å². The highest BCUT2D eigenvalue weighted by atomic mass is 19.3. The quantitative estimate of drug-likeness (QED) is 0.590. The predicted octanol–water partition coefficient (Wildman–Crippen LogP) is 4.25. The van der Waals surface area contributed by atoms with Crippen LogP contribution in [0.3, 0.4) is 0 Å². The third-order valence-electron chi connectivity index (χ3n) is 2.91. The molecule has 0 heterocycles. The normalized spacial score (nSPS) is 13.5. The van der Waals surface area contributed by atoms with Crippen LogP contribution in [-0.2, 0) is 0 Å². The third-order valence-corrected chi connectivity index (χ3v) is 2.91. The Morgan fingerprint density at radius 3 is 1.58 bits per heavy atom. The molecule has 0 spiro atoms. The summed E-state index contributed by atoms with van der Waals surface area (Å²) in [5, 5.41) is 0. The second kappa shape index (κ2) is 4.20. The van der Waals surface area contributed by atoms with Crippen molar-refractivity contribution in [3.05, 3.63) is 0 Å². The minimum atomic E-state index is -2.47. The summed E-state index contributed by atoms with van der Waals surface area (Å²) in [6.45, 7) is 7.45. The van der Waals surface area contributed by atoms with Crippen LogP contribution in [0.5, 0.6) is 0 Å². The molecule has 0 aromatic carbocycles. The molecule has 0 nitrogen and oxygen atoms in total. The van der Waals surface area contributed by atoms with E-state index in [0.29, 0.717) is 0 Å². The first-order chi connectivity index (χ1) is 5.39. The minimum Gasteiger partial charge on any atom is -0.207 e. The van der Waals surface area contributed by atoms with E-state index in [1.807, 2.05) is 20.8 Å². The molecule has 0 rings (SSSR count). The standard InChI is InChI=1S/C10H20F2/c1-5-9(4,6-2)8-10(11,12)7-3/h5-8H2,1-4H3. The zero-order valence-corrected chi connectivity index (χ0v) is 8.58.